The monoisotopic (exact) mass is 243 g/mol. The minimum absolute atomic E-state index is 0.0635. The van der Waals surface area contributed by atoms with Crippen molar-refractivity contribution in [3.05, 3.63) is 16.3 Å². The van der Waals surface area contributed by atoms with Crippen molar-refractivity contribution in [2.24, 2.45) is 0 Å². The quantitative estimate of drug-likeness (QED) is 0.739. The average molecular weight is 243 g/mol. The molecule has 0 spiro atoms. The lowest BCUT2D eigenvalue weighted by atomic mass is 10.3. The number of aliphatic carboxylic acids is 1. The van der Waals surface area contributed by atoms with Crippen molar-refractivity contribution in [3.8, 4) is 5.75 Å². The van der Waals surface area contributed by atoms with Gasteiger partial charge in [-0.05, 0) is 6.42 Å². The molecule has 0 saturated heterocycles. The van der Waals surface area contributed by atoms with Gasteiger partial charge in [0.05, 0.1) is 12.0 Å². The van der Waals surface area contributed by atoms with Crippen molar-refractivity contribution >= 4 is 23.2 Å². The molecular formula is C10H13NO4S. The molecule has 0 aliphatic heterocycles. The fraction of sp³-hybridized carbons (Fsp3) is 0.400. The van der Waals surface area contributed by atoms with Crippen LogP contribution in [0.2, 0.25) is 0 Å². The van der Waals surface area contributed by atoms with E-state index >= 15 is 0 Å². The van der Waals surface area contributed by atoms with Crippen molar-refractivity contribution in [1.82, 2.24) is 5.32 Å². The molecule has 0 radical (unpaired) electrons. The van der Waals surface area contributed by atoms with Crippen LogP contribution >= 0.6 is 11.3 Å². The van der Waals surface area contributed by atoms with Gasteiger partial charge in [-0.3, -0.25) is 9.59 Å². The highest BCUT2D eigenvalue weighted by Crippen LogP contribution is 2.20. The predicted molar refractivity (Wildman–Crippen MR) is 60.1 cm³/mol. The third-order valence-corrected chi connectivity index (χ3v) is 2.80. The van der Waals surface area contributed by atoms with E-state index in [2.05, 4.69) is 5.32 Å². The van der Waals surface area contributed by atoms with E-state index in [-0.39, 0.29) is 12.3 Å². The maximum absolute atomic E-state index is 11.5. The van der Waals surface area contributed by atoms with Gasteiger partial charge in [0.25, 0.3) is 5.91 Å². The Labute approximate surface area is 97.0 Å². The number of carboxylic acid groups (broad SMARTS) is 1. The number of hydrogen-bond acceptors (Lipinski definition) is 4. The molecular weight excluding hydrogens is 230 g/mol. The van der Waals surface area contributed by atoms with Gasteiger partial charge in [0.1, 0.15) is 5.75 Å². The molecule has 0 aliphatic rings. The second-order valence-corrected chi connectivity index (χ2v) is 4.02. The molecule has 0 aromatic carbocycles. The van der Waals surface area contributed by atoms with E-state index in [4.69, 9.17) is 9.84 Å². The summed E-state index contributed by atoms with van der Waals surface area (Å²) in [6, 6.07) is 1.65. The van der Waals surface area contributed by atoms with Crippen LogP contribution < -0.4 is 10.1 Å². The number of thiophene rings is 1. The van der Waals surface area contributed by atoms with E-state index in [1.54, 1.807) is 11.4 Å². The average Bonchev–Trinajstić information content (AvgIpc) is 2.72. The summed E-state index contributed by atoms with van der Waals surface area (Å²) in [5.41, 5.74) is 0. The highest BCUT2D eigenvalue weighted by molar-refractivity contribution is 7.12. The first-order chi connectivity index (χ1) is 7.63. The molecule has 5 nitrogen and oxygen atoms in total. The number of hydrogen-bond donors (Lipinski definition) is 2. The van der Waals surface area contributed by atoms with E-state index in [1.165, 1.54) is 18.4 Å². The zero-order valence-electron chi connectivity index (χ0n) is 8.86. The highest BCUT2D eigenvalue weighted by Gasteiger charge is 2.08. The van der Waals surface area contributed by atoms with Crippen LogP contribution in [0.5, 0.6) is 5.75 Å². The van der Waals surface area contributed by atoms with E-state index in [9.17, 15) is 9.59 Å². The van der Waals surface area contributed by atoms with E-state index in [1.807, 2.05) is 0 Å². The molecule has 1 aromatic heterocycles. The lowest BCUT2D eigenvalue weighted by molar-refractivity contribution is -0.137. The maximum Gasteiger partial charge on any atom is 0.303 e. The third-order valence-electron chi connectivity index (χ3n) is 1.89. The minimum atomic E-state index is -0.855. The number of ether oxygens (including phenoxy) is 1. The molecule has 88 valence electrons. The molecule has 1 rings (SSSR count). The molecule has 0 aliphatic carbocycles. The van der Waals surface area contributed by atoms with Gasteiger partial charge in [-0.15, -0.1) is 11.3 Å². The van der Waals surface area contributed by atoms with Crippen LogP contribution in [0, 0.1) is 0 Å². The smallest absolute Gasteiger partial charge is 0.303 e. The van der Waals surface area contributed by atoms with Gasteiger partial charge in [-0.25, -0.2) is 0 Å². The summed E-state index contributed by atoms with van der Waals surface area (Å²) in [6.07, 6.45) is 0.498. The fourth-order valence-electron chi connectivity index (χ4n) is 1.07. The lowest BCUT2D eigenvalue weighted by Crippen LogP contribution is -2.23. The van der Waals surface area contributed by atoms with Gasteiger partial charge in [0.2, 0.25) is 0 Å². The molecule has 1 amide bonds. The molecule has 0 saturated carbocycles. The summed E-state index contributed by atoms with van der Waals surface area (Å²) in [5, 5.41) is 12.8. The number of rotatable bonds is 6. The largest absolute Gasteiger partial charge is 0.496 e. The Bertz CT molecular complexity index is 375. The number of nitrogens with one attached hydrogen (secondary N) is 1. The summed E-state index contributed by atoms with van der Waals surface area (Å²) >= 11 is 1.29. The van der Waals surface area contributed by atoms with E-state index in [0.717, 1.165) is 0 Å². The lowest BCUT2D eigenvalue weighted by Gasteiger charge is -2.01. The molecule has 1 heterocycles. The van der Waals surface area contributed by atoms with Gasteiger partial charge in [-0.1, -0.05) is 0 Å². The Morgan fingerprint density at radius 1 is 1.56 bits per heavy atom. The first-order valence-corrected chi connectivity index (χ1v) is 5.64. The van der Waals surface area contributed by atoms with Gasteiger partial charge < -0.3 is 15.2 Å². The van der Waals surface area contributed by atoms with Crippen molar-refractivity contribution in [1.29, 1.82) is 0 Å². The minimum Gasteiger partial charge on any atom is -0.496 e. The molecule has 16 heavy (non-hydrogen) atoms. The zero-order valence-corrected chi connectivity index (χ0v) is 9.67. The van der Waals surface area contributed by atoms with Gasteiger partial charge in [0.15, 0.2) is 0 Å². The molecule has 2 N–H and O–H groups in total. The number of amides is 1. The second-order valence-electron chi connectivity index (χ2n) is 3.10. The van der Waals surface area contributed by atoms with Crippen molar-refractivity contribution in [2.75, 3.05) is 13.7 Å². The molecule has 0 bridgehead atoms. The molecule has 6 heteroatoms. The van der Waals surface area contributed by atoms with Crippen LogP contribution in [0.25, 0.3) is 0 Å². The van der Waals surface area contributed by atoms with Crippen molar-refractivity contribution < 1.29 is 19.4 Å². The molecule has 0 atom stereocenters. The van der Waals surface area contributed by atoms with E-state index in [0.29, 0.717) is 23.6 Å². The van der Waals surface area contributed by atoms with E-state index < -0.39 is 5.97 Å². The van der Waals surface area contributed by atoms with Gasteiger partial charge in [-0.2, -0.15) is 0 Å². The normalized spacial score (nSPS) is 9.81. The summed E-state index contributed by atoms with van der Waals surface area (Å²) in [4.78, 5) is 22.3. The molecule has 0 fully saturated rings. The van der Waals surface area contributed by atoms with Crippen LogP contribution in [0.15, 0.2) is 11.4 Å². The Morgan fingerprint density at radius 2 is 2.31 bits per heavy atom. The Morgan fingerprint density at radius 3 is 2.88 bits per heavy atom. The maximum atomic E-state index is 11.5. The predicted octanol–water partition coefficient (Wildman–Crippen LogP) is 1.35. The molecule has 0 unspecified atom stereocenters. The third kappa shape index (κ3) is 3.90. The fourth-order valence-corrected chi connectivity index (χ4v) is 1.84. The Kier molecular flexibility index (Phi) is 4.78. The van der Waals surface area contributed by atoms with Crippen LogP contribution in [-0.4, -0.2) is 30.6 Å². The van der Waals surface area contributed by atoms with Crippen LogP contribution in [0.4, 0.5) is 0 Å². The topological polar surface area (TPSA) is 75.6 Å². The van der Waals surface area contributed by atoms with Crippen LogP contribution in [0.3, 0.4) is 0 Å². The highest BCUT2D eigenvalue weighted by atomic mass is 32.1. The summed E-state index contributed by atoms with van der Waals surface area (Å²) < 4.78 is 4.95. The number of carboxylic acids is 1. The Hall–Kier alpha value is -1.56. The summed E-state index contributed by atoms with van der Waals surface area (Å²) in [6.45, 7) is 0.366. The van der Waals surface area contributed by atoms with Gasteiger partial charge >= 0.3 is 5.97 Å². The summed E-state index contributed by atoms with van der Waals surface area (Å²) in [7, 11) is 1.54. The SMILES string of the molecule is COc1csc(C(=O)NCCCC(=O)O)c1. The standard InChI is InChI=1S/C10H13NO4S/c1-15-7-5-8(16-6-7)10(14)11-4-2-3-9(12)13/h5-6H,2-4H2,1H3,(H,11,14)(H,12,13). The number of methoxy groups -OCH3 is 1. The van der Waals surface area contributed by atoms with Crippen molar-refractivity contribution in [2.45, 2.75) is 12.8 Å². The number of carbonyl (C=O) groups excluding carboxylic acids is 1. The Balaban J connectivity index is 2.32. The second kappa shape index (κ2) is 6.12. The van der Waals surface area contributed by atoms with Crippen molar-refractivity contribution in [3.63, 3.8) is 0 Å². The summed E-state index contributed by atoms with van der Waals surface area (Å²) in [5.74, 6) is -0.397. The first-order valence-electron chi connectivity index (χ1n) is 4.76. The molecule has 1 aromatic rings. The number of carbonyl (C=O) groups is 2. The first kappa shape index (κ1) is 12.5. The van der Waals surface area contributed by atoms with Gasteiger partial charge in [0, 0.05) is 24.4 Å². The van der Waals surface area contributed by atoms with Crippen LogP contribution in [0.1, 0.15) is 22.5 Å². The van der Waals surface area contributed by atoms with Crippen LogP contribution in [-0.2, 0) is 4.79 Å². The zero-order chi connectivity index (χ0) is 12.0.